The second kappa shape index (κ2) is 7.69. The third kappa shape index (κ3) is 3.83. The summed E-state index contributed by atoms with van der Waals surface area (Å²) in [6.07, 6.45) is 4.71. The number of aromatic nitrogens is 3. The number of hydrogen-bond donors (Lipinski definition) is 0. The van der Waals surface area contributed by atoms with Crippen LogP contribution in [-0.4, -0.2) is 26.3 Å². The molecule has 0 saturated carbocycles. The molecule has 3 aromatic rings. The van der Waals surface area contributed by atoms with E-state index in [0.29, 0.717) is 5.75 Å². The van der Waals surface area contributed by atoms with E-state index in [1.807, 2.05) is 29.8 Å². The molecule has 0 aliphatic heterocycles. The maximum absolute atomic E-state index is 12.7. The van der Waals surface area contributed by atoms with Gasteiger partial charge in [0, 0.05) is 18.2 Å². The fourth-order valence-electron chi connectivity index (χ4n) is 3.60. The van der Waals surface area contributed by atoms with Gasteiger partial charge in [-0.2, -0.15) is 0 Å². The Hall–Kier alpha value is -2.40. The van der Waals surface area contributed by atoms with Crippen LogP contribution in [0.5, 0.6) is 0 Å². The Morgan fingerprint density at radius 2 is 1.89 bits per heavy atom. The Bertz CT molecular complexity index is 993. The van der Waals surface area contributed by atoms with Gasteiger partial charge in [-0.1, -0.05) is 47.7 Å². The number of thioether (sulfide) groups is 1. The average molecular weight is 378 g/mol. The highest BCUT2D eigenvalue weighted by molar-refractivity contribution is 7.99. The molecule has 1 aliphatic rings. The Morgan fingerprint density at radius 3 is 2.70 bits per heavy atom. The lowest BCUT2D eigenvalue weighted by Gasteiger charge is -2.16. The molecule has 5 heteroatoms. The molecule has 1 aromatic heterocycles. The van der Waals surface area contributed by atoms with Crippen molar-refractivity contribution < 1.29 is 4.79 Å². The maximum atomic E-state index is 12.7. The van der Waals surface area contributed by atoms with Crippen molar-refractivity contribution in [3.8, 4) is 11.4 Å². The molecule has 0 radical (unpaired) electrons. The highest BCUT2D eigenvalue weighted by Crippen LogP contribution is 2.26. The predicted octanol–water partition coefficient (Wildman–Crippen LogP) is 4.64. The summed E-state index contributed by atoms with van der Waals surface area (Å²) in [5.74, 6) is 1.34. The number of aryl methyl sites for hydroxylation is 3. The molecule has 2 aromatic carbocycles. The SMILES string of the molecule is Cc1cccc(-c2nnc(SCC(=O)c3ccc4c(c3)CCCC4)n2C)c1. The molecule has 0 N–H and O–H groups in total. The van der Waals surface area contributed by atoms with Gasteiger partial charge in [-0.05, 0) is 55.9 Å². The van der Waals surface area contributed by atoms with Crippen LogP contribution in [0.1, 0.15) is 39.9 Å². The first-order valence-corrected chi connectivity index (χ1v) is 10.3. The van der Waals surface area contributed by atoms with Crippen LogP contribution in [0.25, 0.3) is 11.4 Å². The van der Waals surface area contributed by atoms with Crippen LogP contribution in [0, 0.1) is 6.92 Å². The van der Waals surface area contributed by atoms with Gasteiger partial charge in [-0.25, -0.2) is 0 Å². The Balaban J connectivity index is 1.47. The molecule has 4 nitrogen and oxygen atoms in total. The fourth-order valence-corrected chi connectivity index (χ4v) is 4.40. The smallest absolute Gasteiger partial charge is 0.191 e. The fraction of sp³-hybridized carbons (Fsp3) is 0.318. The Kier molecular flexibility index (Phi) is 5.12. The molecular formula is C22H23N3OS. The third-order valence-corrected chi connectivity index (χ3v) is 6.13. The zero-order valence-electron chi connectivity index (χ0n) is 15.7. The van der Waals surface area contributed by atoms with E-state index in [2.05, 4.69) is 41.4 Å². The lowest BCUT2D eigenvalue weighted by molar-refractivity contribution is 0.102. The molecule has 0 atom stereocenters. The predicted molar refractivity (Wildman–Crippen MR) is 109 cm³/mol. The van der Waals surface area contributed by atoms with Crippen LogP contribution >= 0.6 is 11.8 Å². The highest BCUT2D eigenvalue weighted by atomic mass is 32.2. The second-order valence-electron chi connectivity index (χ2n) is 7.14. The highest BCUT2D eigenvalue weighted by Gasteiger charge is 2.16. The summed E-state index contributed by atoms with van der Waals surface area (Å²) < 4.78 is 1.96. The molecule has 0 saturated heterocycles. The first-order valence-electron chi connectivity index (χ1n) is 9.36. The van der Waals surface area contributed by atoms with E-state index < -0.39 is 0 Å². The van der Waals surface area contributed by atoms with E-state index in [9.17, 15) is 4.79 Å². The van der Waals surface area contributed by atoms with Gasteiger partial charge in [-0.15, -0.1) is 10.2 Å². The van der Waals surface area contributed by atoms with Crippen molar-refractivity contribution in [2.45, 2.75) is 37.8 Å². The van der Waals surface area contributed by atoms with Crippen molar-refractivity contribution in [3.05, 3.63) is 64.7 Å². The Labute approximate surface area is 164 Å². The molecule has 1 aliphatic carbocycles. The maximum Gasteiger partial charge on any atom is 0.191 e. The molecule has 138 valence electrons. The van der Waals surface area contributed by atoms with E-state index in [0.717, 1.165) is 34.9 Å². The lowest BCUT2D eigenvalue weighted by atomic mass is 9.90. The topological polar surface area (TPSA) is 47.8 Å². The number of Topliss-reactive ketones (excluding diaryl/α,β-unsaturated/α-hetero) is 1. The number of nitrogens with zero attached hydrogens (tertiary/aromatic N) is 3. The molecule has 0 spiro atoms. The van der Waals surface area contributed by atoms with Crippen LogP contribution in [0.3, 0.4) is 0 Å². The zero-order valence-corrected chi connectivity index (χ0v) is 16.6. The summed E-state index contributed by atoms with van der Waals surface area (Å²) in [5.41, 5.74) is 5.79. The quantitative estimate of drug-likeness (QED) is 0.480. The van der Waals surface area contributed by atoms with Gasteiger partial charge in [0.15, 0.2) is 16.8 Å². The summed E-state index contributed by atoms with van der Waals surface area (Å²) in [7, 11) is 1.95. The number of rotatable bonds is 5. The minimum atomic E-state index is 0.147. The van der Waals surface area contributed by atoms with E-state index >= 15 is 0 Å². The van der Waals surface area contributed by atoms with Crippen LogP contribution in [0.15, 0.2) is 47.6 Å². The number of ketones is 1. The normalized spacial score (nSPS) is 13.4. The molecule has 0 amide bonds. The number of carbonyl (C=O) groups excluding carboxylic acids is 1. The summed E-state index contributed by atoms with van der Waals surface area (Å²) in [6, 6.07) is 14.4. The molecule has 4 rings (SSSR count). The monoisotopic (exact) mass is 377 g/mol. The molecule has 0 fully saturated rings. The van der Waals surface area contributed by atoms with E-state index in [-0.39, 0.29) is 5.78 Å². The first-order chi connectivity index (χ1) is 13.1. The largest absolute Gasteiger partial charge is 0.305 e. The average Bonchev–Trinajstić information content (AvgIpc) is 3.06. The number of carbonyl (C=O) groups is 1. The van der Waals surface area contributed by atoms with Crippen molar-refractivity contribution in [2.24, 2.45) is 7.05 Å². The van der Waals surface area contributed by atoms with E-state index in [1.54, 1.807) is 0 Å². The van der Waals surface area contributed by atoms with Gasteiger partial charge >= 0.3 is 0 Å². The number of fused-ring (bicyclic) bond motifs is 1. The number of benzene rings is 2. The summed E-state index contributed by atoms with van der Waals surface area (Å²) in [4.78, 5) is 12.7. The summed E-state index contributed by atoms with van der Waals surface area (Å²) >= 11 is 1.45. The minimum Gasteiger partial charge on any atom is -0.305 e. The molecule has 0 bridgehead atoms. The lowest BCUT2D eigenvalue weighted by Crippen LogP contribution is -2.08. The van der Waals surface area contributed by atoms with Gasteiger partial charge in [0.2, 0.25) is 0 Å². The van der Waals surface area contributed by atoms with Crippen LogP contribution < -0.4 is 0 Å². The van der Waals surface area contributed by atoms with Crippen molar-refractivity contribution >= 4 is 17.5 Å². The van der Waals surface area contributed by atoms with Gasteiger partial charge in [0.1, 0.15) is 0 Å². The van der Waals surface area contributed by atoms with Crippen LogP contribution in [-0.2, 0) is 19.9 Å². The van der Waals surface area contributed by atoms with Crippen molar-refractivity contribution in [1.29, 1.82) is 0 Å². The third-order valence-electron chi connectivity index (χ3n) is 5.11. The second-order valence-corrected chi connectivity index (χ2v) is 8.08. The van der Waals surface area contributed by atoms with E-state index in [1.165, 1.54) is 41.3 Å². The van der Waals surface area contributed by atoms with Gasteiger partial charge in [0.25, 0.3) is 0 Å². The molecule has 0 unspecified atom stereocenters. The zero-order chi connectivity index (χ0) is 18.8. The minimum absolute atomic E-state index is 0.147. The van der Waals surface area contributed by atoms with Crippen molar-refractivity contribution in [3.63, 3.8) is 0 Å². The van der Waals surface area contributed by atoms with Gasteiger partial charge < -0.3 is 4.57 Å². The summed E-state index contributed by atoms with van der Waals surface area (Å²) in [6.45, 7) is 2.06. The standard InChI is InChI=1S/C22H23N3OS/c1-15-6-5-9-19(12-15)21-23-24-22(25(21)2)27-14-20(26)18-11-10-16-7-3-4-8-17(16)13-18/h5-6,9-13H,3-4,7-8,14H2,1-2H3. The van der Waals surface area contributed by atoms with E-state index in [4.69, 9.17) is 0 Å². The van der Waals surface area contributed by atoms with Crippen molar-refractivity contribution in [2.75, 3.05) is 5.75 Å². The van der Waals surface area contributed by atoms with Crippen molar-refractivity contribution in [1.82, 2.24) is 14.8 Å². The van der Waals surface area contributed by atoms with Crippen LogP contribution in [0.2, 0.25) is 0 Å². The van der Waals surface area contributed by atoms with Crippen LogP contribution in [0.4, 0.5) is 0 Å². The Morgan fingerprint density at radius 1 is 1.07 bits per heavy atom. The molecule has 27 heavy (non-hydrogen) atoms. The summed E-state index contributed by atoms with van der Waals surface area (Å²) in [5, 5.41) is 9.36. The molecular weight excluding hydrogens is 354 g/mol. The number of hydrogen-bond acceptors (Lipinski definition) is 4. The van der Waals surface area contributed by atoms with Gasteiger partial charge in [-0.3, -0.25) is 4.79 Å². The van der Waals surface area contributed by atoms with Gasteiger partial charge in [0.05, 0.1) is 5.75 Å². The molecule has 1 heterocycles. The first kappa shape index (κ1) is 18.0.